The van der Waals surface area contributed by atoms with Crippen molar-refractivity contribution in [2.24, 2.45) is 0 Å². The van der Waals surface area contributed by atoms with Gasteiger partial charge in [-0.3, -0.25) is 4.79 Å². The maximum atomic E-state index is 11.3. The number of ether oxygens (including phenoxy) is 1. The quantitative estimate of drug-likeness (QED) is 0.394. The molecule has 0 radical (unpaired) electrons. The first kappa shape index (κ1) is 39.9. The summed E-state index contributed by atoms with van der Waals surface area (Å²) < 4.78 is 5.30. The van der Waals surface area contributed by atoms with Crippen molar-refractivity contribution in [3.8, 4) is 0 Å². The Morgan fingerprint density at radius 3 is 1.87 bits per heavy atom. The average molecular weight is 528 g/mol. The first-order valence-electron chi connectivity index (χ1n) is 14.7. The van der Waals surface area contributed by atoms with Gasteiger partial charge < -0.3 is 10.1 Å². The summed E-state index contributed by atoms with van der Waals surface area (Å²) in [5.41, 5.74) is 7.48. The second kappa shape index (κ2) is 26.0. The van der Waals surface area contributed by atoms with E-state index < -0.39 is 0 Å². The summed E-state index contributed by atoms with van der Waals surface area (Å²) in [5.74, 6) is -0.0782. The van der Waals surface area contributed by atoms with Gasteiger partial charge in [0.15, 0.2) is 0 Å². The zero-order valence-electron chi connectivity index (χ0n) is 26.9. The third-order valence-corrected chi connectivity index (χ3v) is 5.48. The van der Waals surface area contributed by atoms with E-state index in [1.807, 2.05) is 74.4 Å². The number of amides is 1. The minimum Gasteiger partial charge on any atom is -0.378 e. The SMILES string of the molecule is C=C1Cc2cc(C(=C)C)ccc2NC1=O.CC.CC.CC.CC.CCC1CCCO1.Cc1ccccc1C.[HH]. The molecule has 3 nitrogen and oxygen atoms in total. The zero-order valence-corrected chi connectivity index (χ0v) is 26.9. The molecule has 0 spiro atoms. The lowest BCUT2D eigenvalue weighted by Crippen LogP contribution is -2.21. The molecule has 2 aromatic rings. The monoisotopic (exact) mass is 527 g/mol. The molecular formula is C35H61NO2. The highest BCUT2D eigenvalue weighted by atomic mass is 16.5. The minimum absolute atomic E-state index is 0. The summed E-state index contributed by atoms with van der Waals surface area (Å²) >= 11 is 0. The summed E-state index contributed by atoms with van der Waals surface area (Å²) in [7, 11) is 0. The minimum atomic E-state index is -0.0782. The number of hydrogen-bond acceptors (Lipinski definition) is 2. The zero-order chi connectivity index (χ0) is 30.1. The van der Waals surface area contributed by atoms with Crippen LogP contribution in [0.4, 0.5) is 5.69 Å². The molecule has 1 fully saturated rings. The molecule has 2 aliphatic rings. The van der Waals surface area contributed by atoms with Gasteiger partial charge in [0.05, 0.1) is 6.10 Å². The Labute approximate surface area is 238 Å². The van der Waals surface area contributed by atoms with Crippen LogP contribution >= 0.6 is 0 Å². The van der Waals surface area contributed by atoms with Crippen molar-refractivity contribution in [2.75, 3.05) is 11.9 Å². The van der Waals surface area contributed by atoms with E-state index in [9.17, 15) is 4.79 Å². The third kappa shape index (κ3) is 16.2. The summed E-state index contributed by atoms with van der Waals surface area (Å²) in [6.07, 6.45) is 4.98. The molecule has 1 N–H and O–H groups in total. The molecule has 38 heavy (non-hydrogen) atoms. The number of benzene rings is 2. The molecule has 218 valence electrons. The number of allylic oxidation sites excluding steroid dienone is 1. The summed E-state index contributed by atoms with van der Waals surface area (Å²) in [6.45, 7) is 33.0. The fourth-order valence-corrected chi connectivity index (χ4v) is 3.28. The molecule has 0 bridgehead atoms. The van der Waals surface area contributed by atoms with Gasteiger partial charge in [-0.15, -0.1) is 0 Å². The summed E-state index contributed by atoms with van der Waals surface area (Å²) in [5, 5.41) is 2.81. The Morgan fingerprint density at radius 2 is 1.50 bits per heavy atom. The fourth-order valence-electron chi connectivity index (χ4n) is 3.28. The van der Waals surface area contributed by atoms with Crippen LogP contribution in [0.15, 0.2) is 61.2 Å². The number of hydrogen-bond donors (Lipinski definition) is 1. The van der Waals surface area contributed by atoms with Crippen LogP contribution in [-0.2, 0) is 16.0 Å². The highest BCUT2D eigenvalue weighted by Gasteiger charge is 2.18. The molecule has 4 rings (SSSR count). The molecule has 1 atom stereocenters. The van der Waals surface area contributed by atoms with Crippen molar-refractivity contribution in [3.05, 3.63) is 83.4 Å². The van der Waals surface area contributed by atoms with Crippen LogP contribution in [0.25, 0.3) is 5.57 Å². The van der Waals surface area contributed by atoms with Crippen molar-refractivity contribution in [1.82, 2.24) is 0 Å². The lowest BCUT2D eigenvalue weighted by Gasteiger charge is -2.19. The van der Waals surface area contributed by atoms with Gasteiger partial charge in [-0.2, -0.15) is 0 Å². The number of nitrogens with one attached hydrogen (secondary N) is 1. The fraction of sp³-hybridized carbons (Fsp3) is 0.514. The van der Waals surface area contributed by atoms with Crippen molar-refractivity contribution in [2.45, 2.75) is 115 Å². The molecule has 2 heterocycles. The number of carbonyl (C=O) groups excluding carboxylic acids is 1. The molecule has 2 aromatic carbocycles. The maximum Gasteiger partial charge on any atom is 0.251 e. The molecule has 0 saturated carbocycles. The predicted molar refractivity (Wildman–Crippen MR) is 175 cm³/mol. The highest BCUT2D eigenvalue weighted by Crippen LogP contribution is 2.27. The van der Waals surface area contributed by atoms with Gasteiger partial charge in [-0.25, -0.2) is 0 Å². The van der Waals surface area contributed by atoms with Crippen LogP contribution in [0.3, 0.4) is 0 Å². The van der Waals surface area contributed by atoms with Crippen LogP contribution in [0.5, 0.6) is 0 Å². The third-order valence-electron chi connectivity index (χ3n) is 5.48. The van der Waals surface area contributed by atoms with Crippen LogP contribution in [0.1, 0.15) is 112 Å². The van der Waals surface area contributed by atoms with Gasteiger partial charge in [0.2, 0.25) is 0 Å². The molecule has 3 heteroatoms. The Morgan fingerprint density at radius 1 is 0.974 bits per heavy atom. The van der Waals surface area contributed by atoms with E-state index in [1.165, 1.54) is 30.4 Å². The van der Waals surface area contributed by atoms with E-state index in [4.69, 9.17) is 4.74 Å². The molecule has 1 saturated heterocycles. The second-order valence-corrected chi connectivity index (χ2v) is 8.01. The van der Waals surface area contributed by atoms with Crippen LogP contribution < -0.4 is 5.32 Å². The lowest BCUT2D eigenvalue weighted by atomic mass is 9.96. The normalized spacial score (nSPS) is 14.1. The average Bonchev–Trinajstić information content (AvgIpc) is 3.50. The van der Waals surface area contributed by atoms with Gasteiger partial charge in [0, 0.05) is 25.7 Å². The summed E-state index contributed by atoms with van der Waals surface area (Å²) in [6, 6.07) is 14.3. The Kier molecular flexibility index (Phi) is 27.2. The Hall–Kier alpha value is -2.65. The number of carbonyl (C=O) groups is 1. The molecule has 1 unspecified atom stereocenters. The van der Waals surface area contributed by atoms with Crippen molar-refractivity contribution in [3.63, 3.8) is 0 Å². The van der Waals surface area contributed by atoms with Gasteiger partial charge in [0.25, 0.3) is 5.91 Å². The largest absolute Gasteiger partial charge is 0.378 e. The predicted octanol–water partition coefficient (Wildman–Crippen LogP) is 11.0. The molecule has 2 aliphatic heterocycles. The Bertz CT molecular complexity index is 878. The van der Waals surface area contributed by atoms with Crippen LogP contribution in [0.2, 0.25) is 0 Å². The van der Waals surface area contributed by atoms with Crippen LogP contribution in [0, 0.1) is 13.8 Å². The Balaban J connectivity index is -0.000000219. The first-order valence-corrected chi connectivity index (χ1v) is 14.7. The van der Waals surface area contributed by atoms with Crippen molar-refractivity contribution >= 4 is 17.2 Å². The van der Waals surface area contributed by atoms with Gasteiger partial charge >= 0.3 is 0 Å². The number of anilines is 1. The number of rotatable bonds is 2. The molecule has 0 aliphatic carbocycles. The van der Waals surface area contributed by atoms with Gasteiger partial charge in [-0.05, 0) is 74.4 Å². The smallest absolute Gasteiger partial charge is 0.251 e. The van der Waals surface area contributed by atoms with Crippen molar-refractivity contribution < 1.29 is 11.0 Å². The molecular weight excluding hydrogens is 466 g/mol. The van der Waals surface area contributed by atoms with E-state index in [2.05, 4.69) is 69.6 Å². The van der Waals surface area contributed by atoms with E-state index in [-0.39, 0.29) is 7.33 Å². The standard InChI is InChI=1S/C13H13NO.C8H10.C6H12O.4C2H6.H2/c1-8(2)10-4-5-12-11(7-10)6-9(3)13(15)14-12;1-7-5-3-4-6-8(7)2;1-2-6-4-3-5-7-6;4*1-2;/h4-5,7H,1,3,6H2,2H3,(H,14,15);3-6H,1-2H3;6H,2-5H2,1H3;4*1-2H3;1H. The van der Waals surface area contributed by atoms with E-state index in [0.717, 1.165) is 29.0 Å². The van der Waals surface area contributed by atoms with Crippen molar-refractivity contribution in [1.29, 1.82) is 0 Å². The van der Waals surface area contributed by atoms with E-state index >= 15 is 0 Å². The molecule has 1 amide bonds. The highest BCUT2D eigenvalue weighted by molar-refractivity contribution is 6.06. The van der Waals surface area contributed by atoms with Gasteiger partial charge in [0.1, 0.15) is 0 Å². The van der Waals surface area contributed by atoms with E-state index in [0.29, 0.717) is 18.1 Å². The van der Waals surface area contributed by atoms with Crippen LogP contribution in [-0.4, -0.2) is 18.6 Å². The topological polar surface area (TPSA) is 38.3 Å². The van der Waals surface area contributed by atoms with E-state index in [1.54, 1.807) is 0 Å². The van der Waals surface area contributed by atoms with Gasteiger partial charge in [-0.1, -0.05) is 111 Å². The summed E-state index contributed by atoms with van der Waals surface area (Å²) in [4.78, 5) is 11.3. The molecule has 0 aromatic heterocycles. The second-order valence-electron chi connectivity index (χ2n) is 8.01. The number of fused-ring (bicyclic) bond motifs is 1. The first-order chi connectivity index (χ1) is 18.3. The number of aryl methyl sites for hydroxylation is 2. The lowest BCUT2D eigenvalue weighted by molar-refractivity contribution is -0.113. The maximum absolute atomic E-state index is 11.3.